The van der Waals surface area contributed by atoms with Crippen LogP contribution >= 0.6 is 0 Å². The average Bonchev–Trinajstić information content (AvgIpc) is 3.20. The quantitative estimate of drug-likeness (QED) is 0.797. The summed E-state index contributed by atoms with van der Waals surface area (Å²) in [6, 6.07) is 6.54. The summed E-state index contributed by atoms with van der Waals surface area (Å²) in [5.74, 6) is 1.44. The van der Waals surface area contributed by atoms with Crippen LogP contribution in [0, 0.1) is 0 Å². The Morgan fingerprint density at radius 2 is 1.89 bits per heavy atom. The third-order valence-electron chi connectivity index (χ3n) is 4.09. The monoisotopic (exact) mass is 374 g/mol. The minimum Gasteiger partial charge on any atom is -0.493 e. The first-order valence-corrected chi connectivity index (χ1v) is 8.46. The Morgan fingerprint density at radius 3 is 2.48 bits per heavy atom. The van der Waals surface area contributed by atoms with Crippen LogP contribution in [0.4, 0.5) is 5.69 Å². The van der Waals surface area contributed by atoms with Crippen molar-refractivity contribution in [2.75, 3.05) is 39.9 Å². The molecule has 27 heavy (non-hydrogen) atoms. The molecule has 1 saturated heterocycles. The Balaban J connectivity index is 1.77. The van der Waals surface area contributed by atoms with Crippen LogP contribution in [0.5, 0.6) is 23.1 Å². The number of benzene rings is 1. The molecule has 0 radical (unpaired) electrons. The molecule has 0 aliphatic carbocycles. The molecule has 1 aliphatic heterocycles. The van der Waals surface area contributed by atoms with E-state index in [9.17, 15) is 4.79 Å². The van der Waals surface area contributed by atoms with Crippen molar-refractivity contribution in [1.82, 2.24) is 4.98 Å². The number of rotatable bonds is 7. The molecule has 8 nitrogen and oxygen atoms in total. The van der Waals surface area contributed by atoms with E-state index < -0.39 is 0 Å². The molecule has 0 bridgehead atoms. The minimum atomic E-state index is -0.306. The van der Waals surface area contributed by atoms with Gasteiger partial charge in [0.15, 0.2) is 11.5 Å². The number of carbonyl (C=O) groups is 1. The van der Waals surface area contributed by atoms with Gasteiger partial charge in [0.2, 0.25) is 11.6 Å². The first kappa shape index (κ1) is 18.8. The highest BCUT2D eigenvalue weighted by molar-refractivity contribution is 6.04. The van der Waals surface area contributed by atoms with E-state index in [2.05, 4.69) is 10.3 Å². The summed E-state index contributed by atoms with van der Waals surface area (Å²) in [5, 5.41) is 2.82. The number of nitrogens with zero attached hydrogens (tertiary/aromatic N) is 1. The standard InChI is InChI=1S/C19H22N2O6/c1-23-15-9-13(10-16(24-2)18(15)25-3)21-19(22)12-4-6-20-17(8-12)27-14-5-7-26-11-14/h4,6,8-10,14H,5,7,11H2,1-3H3,(H,21,22). The lowest BCUT2D eigenvalue weighted by molar-refractivity contribution is 0.102. The molecular weight excluding hydrogens is 352 g/mol. The van der Waals surface area contributed by atoms with Crippen LogP contribution in [0.2, 0.25) is 0 Å². The molecule has 2 heterocycles. The minimum absolute atomic E-state index is 0.0362. The average molecular weight is 374 g/mol. The predicted molar refractivity (Wildman–Crippen MR) is 98.1 cm³/mol. The van der Waals surface area contributed by atoms with E-state index in [1.165, 1.54) is 27.5 Å². The summed E-state index contributed by atoms with van der Waals surface area (Å²) in [7, 11) is 4.55. The number of ether oxygens (including phenoxy) is 5. The predicted octanol–water partition coefficient (Wildman–Crippen LogP) is 2.53. The first-order valence-electron chi connectivity index (χ1n) is 8.46. The molecular formula is C19H22N2O6. The molecule has 1 aromatic carbocycles. The third-order valence-corrected chi connectivity index (χ3v) is 4.09. The molecule has 0 saturated carbocycles. The summed E-state index contributed by atoms with van der Waals surface area (Å²) < 4.78 is 26.9. The Hall–Kier alpha value is -3.00. The second-order valence-electron chi connectivity index (χ2n) is 5.85. The van der Waals surface area contributed by atoms with Crippen LogP contribution in [-0.4, -0.2) is 51.5 Å². The molecule has 1 aromatic heterocycles. The molecule has 3 rings (SSSR count). The normalized spacial score (nSPS) is 15.9. The van der Waals surface area contributed by atoms with E-state index in [-0.39, 0.29) is 12.0 Å². The number of hydrogen-bond donors (Lipinski definition) is 1. The highest BCUT2D eigenvalue weighted by Gasteiger charge is 2.19. The maximum absolute atomic E-state index is 12.6. The van der Waals surface area contributed by atoms with Gasteiger partial charge in [-0.15, -0.1) is 0 Å². The summed E-state index contributed by atoms with van der Waals surface area (Å²) in [6.07, 6.45) is 2.31. The fourth-order valence-electron chi connectivity index (χ4n) is 2.75. The summed E-state index contributed by atoms with van der Waals surface area (Å²) in [4.78, 5) is 16.8. The van der Waals surface area contributed by atoms with E-state index >= 15 is 0 Å². The van der Waals surface area contributed by atoms with Crippen molar-refractivity contribution in [2.24, 2.45) is 0 Å². The zero-order chi connectivity index (χ0) is 19.2. The number of amides is 1. The molecule has 1 unspecified atom stereocenters. The van der Waals surface area contributed by atoms with Crippen LogP contribution < -0.4 is 24.3 Å². The van der Waals surface area contributed by atoms with Gasteiger partial charge in [-0.1, -0.05) is 0 Å². The van der Waals surface area contributed by atoms with Gasteiger partial charge in [0.05, 0.1) is 34.5 Å². The van der Waals surface area contributed by atoms with E-state index in [0.717, 1.165) is 6.42 Å². The van der Waals surface area contributed by atoms with Gasteiger partial charge in [0, 0.05) is 42.1 Å². The van der Waals surface area contributed by atoms with E-state index in [4.69, 9.17) is 23.7 Å². The van der Waals surface area contributed by atoms with Crippen molar-refractivity contribution >= 4 is 11.6 Å². The van der Waals surface area contributed by atoms with Gasteiger partial charge in [-0.25, -0.2) is 4.98 Å². The lowest BCUT2D eigenvalue weighted by atomic mass is 10.2. The molecule has 1 amide bonds. The van der Waals surface area contributed by atoms with Gasteiger partial charge in [-0.2, -0.15) is 0 Å². The molecule has 144 valence electrons. The smallest absolute Gasteiger partial charge is 0.255 e. The highest BCUT2D eigenvalue weighted by Crippen LogP contribution is 2.40. The SMILES string of the molecule is COc1cc(NC(=O)c2ccnc(OC3CCOC3)c2)cc(OC)c1OC. The maximum atomic E-state index is 12.6. The molecule has 0 spiro atoms. The van der Waals surface area contributed by atoms with Crippen molar-refractivity contribution in [3.05, 3.63) is 36.0 Å². The van der Waals surface area contributed by atoms with Crippen LogP contribution in [0.1, 0.15) is 16.8 Å². The zero-order valence-corrected chi connectivity index (χ0v) is 15.5. The molecule has 1 aliphatic rings. The number of anilines is 1. The van der Waals surface area contributed by atoms with Crippen molar-refractivity contribution in [3.8, 4) is 23.1 Å². The fraction of sp³-hybridized carbons (Fsp3) is 0.368. The third kappa shape index (κ3) is 4.40. The van der Waals surface area contributed by atoms with Crippen LogP contribution in [-0.2, 0) is 4.74 Å². The first-order chi connectivity index (χ1) is 13.1. The van der Waals surface area contributed by atoms with Crippen molar-refractivity contribution < 1.29 is 28.5 Å². The zero-order valence-electron chi connectivity index (χ0n) is 15.5. The molecule has 1 atom stereocenters. The van der Waals surface area contributed by atoms with Crippen LogP contribution in [0.15, 0.2) is 30.5 Å². The topological polar surface area (TPSA) is 88.1 Å². The van der Waals surface area contributed by atoms with Crippen molar-refractivity contribution in [1.29, 1.82) is 0 Å². The van der Waals surface area contributed by atoms with E-state index in [1.807, 2.05) is 0 Å². The van der Waals surface area contributed by atoms with Gasteiger partial charge < -0.3 is 29.0 Å². The number of carbonyl (C=O) groups excluding carboxylic acids is 1. The highest BCUT2D eigenvalue weighted by atomic mass is 16.6. The van der Waals surface area contributed by atoms with E-state index in [1.54, 1.807) is 24.3 Å². The summed E-state index contributed by atoms with van der Waals surface area (Å²) >= 11 is 0. The number of hydrogen-bond acceptors (Lipinski definition) is 7. The number of pyridine rings is 1. The van der Waals surface area contributed by atoms with Gasteiger partial charge in [0.25, 0.3) is 5.91 Å². The summed E-state index contributed by atoms with van der Waals surface area (Å²) in [5.41, 5.74) is 0.936. The van der Waals surface area contributed by atoms with Gasteiger partial charge in [-0.05, 0) is 6.07 Å². The second kappa shape index (κ2) is 8.59. The maximum Gasteiger partial charge on any atom is 0.255 e. The van der Waals surface area contributed by atoms with Gasteiger partial charge in [0.1, 0.15) is 6.10 Å². The van der Waals surface area contributed by atoms with Crippen LogP contribution in [0.25, 0.3) is 0 Å². The van der Waals surface area contributed by atoms with Crippen molar-refractivity contribution in [3.63, 3.8) is 0 Å². The molecule has 8 heteroatoms. The Bertz CT molecular complexity index is 780. The van der Waals surface area contributed by atoms with E-state index in [0.29, 0.717) is 47.6 Å². The number of nitrogens with one attached hydrogen (secondary N) is 1. The molecule has 2 aromatic rings. The lowest BCUT2D eigenvalue weighted by Gasteiger charge is -2.15. The number of methoxy groups -OCH3 is 3. The fourth-order valence-corrected chi connectivity index (χ4v) is 2.75. The Morgan fingerprint density at radius 1 is 1.15 bits per heavy atom. The summed E-state index contributed by atoms with van der Waals surface area (Å²) in [6.45, 7) is 1.20. The van der Waals surface area contributed by atoms with Crippen LogP contribution in [0.3, 0.4) is 0 Å². The Kier molecular flexibility index (Phi) is 5.97. The largest absolute Gasteiger partial charge is 0.493 e. The number of aromatic nitrogens is 1. The van der Waals surface area contributed by atoms with Crippen molar-refractivity contribution in [2.45, 2.75) is 12.5 Å². The van der Waals surface area contributed by atoms with Gasteiger partial charge in [-0.3, -0.25) is 4.79 Å². The van der Waals surface area contributed by atoms with Gasteiger partial charge >= 0.3 is 0 Å². The molecule has 1 fully saturated rings. The Labute approximate surface area is 157 Å². The lowest BCUT2D eigenvalue weighted by Crippen LogP contribution is -2.17. The molecule has 1 N–H and O–H groups in total. The second-order valence-corrected chi connectivity index (χ2v) is 5.85.